The lowest BCUT2D eigenvalue weighted by Crippen LogP contribution is -2.16. The molecule has 0 aromatic heterocycles. The van der Waals surface area contributed by atoms with Gasteiger partial charge in [0.15, 0.2) is 0 Å². The monoisotopic (exact) mass is 199 g/mol. The molecule has 2 rings (SSSR count). The van der Waals surface area contributed by atoms with Crippen molar-refractivity contribution in [3.8, 4) is 0 Å². The highest BCUT2D eigenvalue weighted by Crippen LogP contribution is 2.30. The molecule has 0 fully saturated rings. The predicted molar refractivity (Wildman–Crippen MR) is 53.5 cm³/mol. The van der Waals surface area contributed by atoms with Crippen LogP contribution in [0.1, 0.15) is 5.56 Å². The van der Waals surface area contributed by atoms with E-state index in [0.29, 0.717) is 6.54 Å². The van der Waals surface area contributed by atoms with Crippen LogP contribution in [-0.2, 0) is 0 Å². The fraction of sp³-hybridized carbons (Fsp3) is 0.111. The van der Waals surface area contributed by atoms with Crippen molar-refractivity contribution in [3.05, 3.63) is 34.9 Å². The van der Waals surface area contributed by atoms with Gasteiger partial charge < -0.3 is 0 Å². The van der Waals surface area contributed by atoms with Gasteiger partial charge in [-0.2, -0.15) is 0 Å². The van der Waals surface area contributed by atoms with E-state index >= 15 is 0 Å². The maximum absolute atomic E-state index is 5.95. The van der Waals surface area contributed by atoms with Crippen molar-refractivity contribution in [2.24, 2.45) is 0 Å². The van der Waals surface area contributed by atoms with Crippen LogP contribution in [0.25, 0.3) is 6.08 Å². The van der Waals surface area contributed by atoms with E-state index in [1.807, 2.05) is 30.3 Å². The maximum atomic E-state index is 5.95. The summed E-state index contributed by atoms with van der Waals surface area (Å²) in [6.07, 6.45) is 1.94. The number of hydrogen-bond acceptors (Lipinski definition) is 1. The van der Waals surface area contributed by atoms with Gasteiger partial charge in [-0.3, -0.25) is 4.42 Å². The molecule has 3 heteroatoms. The summed E-state index contributed by atoms with van der Waals surface area (Å²) in [6, 6.07) is 7.89. The van der Waals surface area contributed by atoms with Gasteiger partial charge in [-0.1, -0.05) is 29.8 Å². The normalized spacial score (nSPS) is 15.5. The minimum absolute atomic E-state index is 0.583. The largest absolute Gasteiger partial charge is 0.279 e. The van der Waals surface area contributed by atoms with Gasteiger partial charge in [0.05, 0.1) is 12.2 Å². The number of nitrogens with zero attached hydrogens (tertiary/aromatic N) is 1. The Labute approximate surface area is 81.3 Å². The van der Waals surface area contributed by atoms with Gasteiger partial charge >= 0.3 is 0 Å². The van der Waals surface area contributed by atoms with Gasteiger partial charge in [0.2, 0.25) is 0 Å². The third kappa shape index (κ3) is 1.30. The zero-order chi connectivity index (χ0) is 8.55. The summed E-state index contributed by atoms with van der Waals surface area (Å²) in [5, 5.41) is 0.767. The second kappa shape index (κ2) is 3.00. The molecule has 12 heavy (non-hydrogen) atoms. The van der Waals surface area contributed by atoms with Crippen molar-refractivity contribution in [2.75, 3.05) is 11.0 Å². The number of rotatable bonds is 0. The molecule has 62 valence electrons. The second-order valence-electron chi connectivity index (χ2n) is 2.67. The van der Waals surface area contributed by atoms with E-state index in [1.54, 1.807) is 4.42 Å². The number of benzene rings is 1. The third-order valence-corrected chi connectivity index (χ3v) is 2.33. The van der Waals surface area contributed by atoms with Crippen LogP contribution in [0, 0.1) is 0 Å². The highest BCUT2D eigenvalue weighted by Gasteiger charge is 2.13. The minimum Gasteiger partial charge on any atom is -0.279 e. The first-order chi connectivity index (χ1) is 5.77. The summed E-state index contributed by atoms with van der Waals surface area (Å²) in [5.74, 6) is 0. The minimum atomic E-state index is 0.583. The van der Waals surface area contributed by atoms with Crippen LogP contribution in [0.2, 0.25) is 0 Å². The Hall–Kier alpha value is -0.660. The Kier molecular flexibility index (Phi) is 1.99. The summed E-state index contributed by atoms with van der Waals surface area (Å²) in [7, 11) is 0. The molecular weight excluding hydrogens is 193 g/mol. The van der Waals surface area contributed by atoms with E-state index in [1.165, 1.54) is 0 Å². The second-order valence-corrected chi connectivity index (χ2v) is 3.56. The lowest BCUT2D eigenvalue weighted by Gasteiger charge is -2.21. The van der Waals surface area contributed by atoms with E-state index < -0.39 is 0 Å². The van der Waals surface area contributed by atoms with Gasteiger partial charge in [0.1, 0.15) is 0 Å². The summed E-state index contributed by atoms with van der Waals surface area (Å²) in [4.78, 5) is 0. The molecule has 0 radical (unpaired) electrons. The molecule has 1 aliphatic rings. The number of para-hydroxylation sites is 1. The van der Waals surface area contributed by atoms with E-state index in [-0.39, 0.29) is 0 Å². The third-order valence-electron chi connectivity index (χ3n) is 1.80. The molecule has 0 amide bonds. The van der Waals surface area contributed by atoms with Crippen molar-refractivity contribution in [2.45, 2.75) is 0 Å². The molecule has 1 aromatic carbocycles. The zero-order valence-electron chi connectivity index (χ0n) is 6.30. The van der Waals surface area contributed by atoms with Gasteiger partial charge in [0, 0.05) is 22.4 Å². The quantitative estimate of drug-likeness (QED) is 0.581. The molecule has 0 bridgehead atoms. The molecular formula is C9H7Cl2N. The molecule has 1 heterocycles. The van der Waals surface area contributed by atoms with Gasteiger partial charge in [-0.15, -0.1) is 0 Å². The fourth-order valence-electron chi connectivity index (χ4n) is 1.26. The molecule has 0 saturated heterocycles. The molecule has 0 atom stereocenters. The summed E-state index contributed by atoms with van der Waals surface area (Å²) in [5.41, 5.74) is 2.09. The number of hydrogen-bond donors (Lipinski definition) is 0. The van der Waals surface area contributed by atoms with Crippen LogP contribution in [0.5, 0.6) is 0 Å². The molecule has 0 unspecified atom stereocenters. The van der Waals surface area contributed by atoms with Crippen LogP contribution in [0.4, 0.5) is 5.69 Å². The van der Waals surface area contributed by atoms with Crippen molar-refractivity contribution in [1.82, 2.24) is 0 Å². The smallest absolute Gasteiger partial charge is 0.0707 e. The lowest BCUT2D eigenvalue weighted by molar-refractivity contribution is 1.16. The van der Waals surface area contributed by atoms with Crippen molar-refractivity contribution < 1.29 is 0 Å². The van der Waals surface area contributed by atoms with E-state index in [2.05, 4.69) is 0 Å². The van der Waals surface area contributed by atoms with Gasteiger partial charge in [-0.25, -0.2) is 0 Å². The summed E-state index contributed by atoms with van der Waals surface area (Å²) >= 11 is 11.8. The highest BCUT2D eigenvalue weighted by atomic mass is 35.5. The number of halogens is 2. The molecule has 0 spiro atoms. The fourth-order valence-corrected chi connectivity index (χ4v) is 1.84. The topological polar surface area (TPSA) is 3.24 Å². The molecule has 0 saturated carbocycles. The molecule has 0 aliphatic carbocycles. The van der Waals surface area contributed by atoms with Gasteiger partial charge in [0.25, 0.3) is 0 Å². The number of anilines is 1. The first-order valence-electron chi connectivity index (χ1n) is 3.66. The van der Waals surface area contributed by atoms with Gasteiger partial charge in [-0.05, 0) is 12.1 Å². The molecule has 1 aromatic rings. The maximum Gasteiger partial charge on any atom is 0.0707 e. The summed E-state index contributed by atoms with van der Waals surface area (Å²) < 4.78 is 1.62. The van der Waals surface area contributed by atoms with Crippen molar-refractivity contribution >= 4 is 35.1 Å². The van der Waals surface area contributed by atoms with Crippen LogP contribution in [-0.4, -0.2) is 6.54 Å². The predicted octanol–water partition coefficient (Wildman–Crippen LogP) is 3.24. The Morgan fingerprint density at radius 3 is 2.83 bits per heavy atom. The Morgan fingerprint density at radius 2 is 2.00 bits per heavy atom. The van der Waals surface area contributed by atoms with E-state index in [9.17, 15) is 0 Å². The van der Waals surface area contributed by atoms with Crippen LogP contribution in [0.3, 0.4) is 0 Å². The first kappa shape index (κ1) is 7.96. The van der Waals surface area contributed by atoms with Crippen molar-refractivity contribution in [3.63, 3.8) is 0 Å². The van der Waals surface area contributed by atoms with Crippen LogP contribution >= 0.6 is 23.4 Å². The first-order valence-corrected chi connectivity index (χ1v) is 4.37. The molecule has 1 nitrogen and oxygen atoms in total. The standard InChI is InChI=1S/C9H7Cl2N/c10-8-5-7-3-1-2-4-9(7)12(11)6-8/h1-5H,6H2. The van der Waals surface area contributed by atoms with Crippen molar-refractivity contribution in [1.29, 1.82) is 0 Å². The van der Waals surface area contributed by atoms with E-state index in [4.69, 9.17) is 23.4 Å². The summed E-state index contributed by atoms with van der Waals surface area (Å²) in [6.45, 7) is 0.583. The molecule has 0 N–H and O–H groups in total. The van der Waals surface area contributed by atoms with E-state index in [0.717, 1.165) is 16.3 Å². The SMILES string of the molecule is ClC1=Cc2ccccc2N(Cl)C1. The van der Waals surface area contributed by atoms with Crippen LogP contribution < -0.4 is 4.42 Å². The average Bonchev–Trinajstić information content (AvgIpc) is 2.04. The Bertz CT molecular complexity index is 333. The lowest BCUT2D eigenvalue weighted by atomic mass is 10.1. The highest BCUT2D eigenvalue weighted by molar-refractivity contribution is 6.35. The average molecular weight is 200 g/mol. The Morgan fingerprint density at radius 1 is 1.25 bits per heavy atom. The zero-order valence-corrected chi connectivity index (χ0v) is 7.81. The van der Waals surface area contributed by atoms with Crippen LogP contribution in [0.15, 0.2) is 29.3 Å². The Balaban J connectivity index is 2.55. The number of fused-ring (bicyclic) bond motifs is 1. The molecule has 1 aliphatic heterocycles.